The molecule has 8 nitrogen and oxygen atoms in total. The Kier molecular flexibility index (Phi) is 10.4. The number of hydrogen-bond donors (Lipinski definition) is 0. The van der Waals surface area contributed by atoms with Crippen molar-refractivity contribution < 1.29 is 27.4 Å². The zero-order valence-corrected chi connectivity index (χ0v) is 20.9. The van der Waals surface area contributed by atoms with E-state index in [0.717, 1.165) is 0 Å². The van der Waals surface area contributed by atoms with E-state index >= 15 is 0 Å². The van der Waals surface area contributed by atoms with E-state index in [1.807, 2.05) is 13.8 Å². The van der Waals surface area contributed by atoms with Crippen molar-refractivity contribution in [2.75, 3.05) is 39.3 Å². The van der Waals surface area contributed by atoms with Crippen LogP contribution in [0.15, 0.2) is 34.3 Å². The van der Waals surface area contributed by atoms with Gasteiger partial charge in [-0.2, -0.15) is 0 Å². The lowest BCUT2D eigenvalue weighted by Crippen LogP contribution is -2.28. The van der Waals surface area contributed by atoms with Crippen LogP contribution in [0.2, 0.25) is 0 Å². The summed E-state index contributed by atoms with van der Waals surface area (Å²) in [5.41, 5.74) is 0.611. The number of carbonyl (C=O) groups excluding carboxylic acids is 1. The second kappa shape index (κ2) is 11.8. The van der Waals surface area contributed by atoms with Gasteiger partial charge in [-0.25, -0.2) is 13.2 Å². The Labute approximate surface area is 183 Å². The van der Waals surface area contributed by atoms with E-state index < -0.39 is 27.5 Å². The van der Waals surface area contributed by atoms with Gasteiger partial charge in [-0.15, -0.1) is 0 Å². The minimum Gasteiger partial charge on any atom is -0.396 e. The maximum absolute atomic E-state index is 13.2. The Balaban J connectivity index is 3.44. The van der Waals surface area contributed by atoms with Crippen LogP contribution in [0.3, 0.4) is 0 Å². The molecule has 30 heavy (non-hydrogen) atoms. The zero-order chi connectivity index (χ0) is 22.9. The van der Waals surface area contributed by atoms with Crippen LogP contribution < -0.4 is 0 Å². The van der Waals surface area contributed by atoms with E-state index in [9.17, 15) is 17.8 Å². The molecule has 0 radical (unpaired) electrons. The van der Waals surface area contributed by atoms with Crippen LogP contribution in [0.5, 0.6) is 0 Å². The Morgan fingerprint density at radius 3 is 2.17 bits per heavy atom. The van der Waals surface area contributed by atoms with E-state index in [0.29, 0.717) is 24.3 Å². The molecule has 0 spiro atoms. The number of rotatable bonds is 10. The van der Waals surface area contributed by atoms with Gasteiger partial charge in [-0.1, -0.05) is 49.4 Å². The fourth-order valence-corrected chi connectivity index (χ4v) is 8.04. The highest BCUT2D eigenvalue weighted by atomic mass is 32.7. The van der Waals surface area contributed by atoms with Crippen molar-refractivity contribution in [1.82, 2.24) is 4.90 Å². The highest BCUT2D eigenvalue weighted by Gasteiger charge is 2.32. The van der Waals surface area contributed by atoms with Gasteiger partial charge in [-0.3, -0.25) is 0 Å². The number of oxime groups is 1. The molecule has 1 aromatic rings. The minimum atomic E-state index is -3.37. The van der Waals surface area contributed by atoms with Gasteiger partial charge < -0.3 is 19.0 Å². The third kappa shape index (κ3) is 7.32. The second-order valence-corrected chi connectivity index (χ2v) is 15.0. The molecular weight excluding hydrogens is 447 g/mol. The molecular formula is C19H31N2O6PS2. The Morgan fingerprint density at radius 2 is 1.73 bits per heavy atom. The van der Waals surface area contributed by atoms with Crippen LogP contribution >= 0.6 is 17.7 Å². The van der Waals surface area contributed by atoms with Crippen molar-refractivity contribution in [3.8, 4) is 0 Å². The van der Waals surface area contributed by atoms with Gasteiger partial charge in [0.25, 0.3) is 5.90 Å². The number of amides is 1. The first-order valence-electron chi connectivity index (χ1n) is 9.62. The van der Waals surface area contributed by atoms with Crippen molar-refractivity contribution in [2.45, 2.75) is 37.3 Å². The number of sulfone groups is 1. The molecule has 0 heterocycles. The quantitative estimate of drug-likeness (QED) is 0.209. The Morgan fingerprint density at radius 1 is 1.17 bits per heavy atom. The summed E-state index contributed by atoms with van der Waals surface area (Å²) < 4.78 is 43.2. The number of hydrogen-bond acceptors (Lipinski definition) is 8. The standard InChI is InChI=1S/C19H31N2O6PS2/c1-7-14-30(24,25)16-12-10-15(11-13-16)17(29-28(23,8-2)9-3)18(20-26-6)27-19(22)21(4)5/h10-13,17H,7-9,14H2,1-6H3. The average Bonchev–Trinajstić information content (AvgIpc) is 2.71. The lowest BCUT2D eigenvalue weighted by molar-refractivity contribution is 0.156. The summed E-state index contributed by atoms with van der Waals surface area (Å²) in [4.78, 5) is 18.5. The third-order valence-corrected chi connectivity index (χ3v) is 12.5. The number of benzene rings is 1. The summed E-state index contributed by atoms with van der Waals surface area (Å²) >= 11 is 1.17. The average molecular weight is 479 g/mol. The first-order valence-corrected chi connectivity index (χ1v) is 14.8. The van der Waals surface area contributed by atoms with Gasteiger partial charge in [-0.05, 0) is 24.1 Å². The summed E-state index contributed by atoms with van der Waals surface area (Å²) in [6.07, 6.45) is -1.87. The van der Waals surface area contributed by atoms with Crippen molar-refractivity contribution in [1.29, 1.82) is 0 Å². The molecule has 0 aliphatic carbocycles. The van der Waals surface area contributed by atoms with E-state index in [2.05, 4.69) is 5.16 Å². The van der Waals surface area contributed by atoms with Gasteiger partial charge >= 0.3 is 6.09 Å². The molecule has 0 bridgehead atoms. The summed E-state index contributed by atoms with van der Waals surface area (Å²) in [5.74, 6) is 0.00915. The van der Waals surface area contributed by atoms with Crippen molar-refractivity contribution >= 4 is 39.6 Å². The first kappa shape index (κ1) is 26.5. The van der Waals surface area contributed by atoms with E-state index in [-0.39, 0.29) is 16.5 Å². The fraction of sp³-hybridized carbons (Fsp3) is 0.579. The lowest BCUT2D eigenvalue weighted by Gasteiger charge is -2.23. The monoisotopic (exact) mass is 478 g/mol. The van der Waals surface area contributed by atoms with Gasteiger partial charge in [0.1, 0.15) is 18.7 Å². The van der Waals surface area contributed by atoms with Gasteiger partial charge in [0.2, 0.25) is 0 Å². The van der Waals surface area contributed by atoms with Crippen LogP contribution in [0.1, 0.15) is 38.0 Å². The van der Waals surface area contributed by atoms with E-state index in [1.165, 1.54) is 49.6 Å². The molecule has 1 amide bonds. The molecule has 1 unspecified atom stereocenters. The van der Waals surface area contributed by atoms with Crippen LogP contribution in [0.25, 0.3) is 0 Å². The zero-order valence-electron chi connectivity index (χ0n) is 18.3. The first-order chi connectivity index (χ1) is 14.0. The molecule has 0 aliphatic heterocycles. The van der Waals surface area contributed by atoms with E-state index in [4.69, 9.17) is 9.57 Å². The highest BCUT2D eigenvalue weighted by molar-refractivity contribution is 8.58. The highest BCUT2D eigenvalue weighted by Crippen LogP contribution is 2.63. The maximum atomic E-state index is 13.2. The minimum absolute atomic E-state index is 0.0486. The Hall–Kier alpha value is -1.51. The second-order valence-electron chi connectivity index (χ2n) is 6.69. The molecule has 0 aromatic heterocycles. The van der Waals surface area contributed by atoms with Gasteiger partial charge in [0.05, 0.1) is 10.6 Å². The summed E-state index contributed by atoms with van der Waals surface area (Å²) in [6, 6.07) is 6.28. The van der Waals surface area contributed by atoms with Crippen LogP contribution in [0, 0.1) is 0 Å². The molecule has 0 saturated carbocycles. The van der Waals surface area contributed by atoms with E-state index in [1.54, 1.807) is 19.1 Å². The summed E-state index contributed by atoms with van der Waals surface area (Å²) in [6.45, 7) is 5.49. The molecule has 11 heteroatoms. The number of nitrogens with zero attached hydrogens (tertiary/aromatic N) is 2. The summed E-state index contributed by atoms with van der Waals surface area (Å²) in [5, 5.41) is 3.16. The topological polar surface area (TPSA) is 102 Å². The largest absolute Gasteiger partial charge is 0.415 e. The SMILES string of the molecule is CCCS(=O)(=O)c1ccc(C(SP(=O)(CC)CC)C(=NOC)OC(=O)N(C)C)cc1. The van der Waals surface area contributed by atoms with Gasteiger partial charge in [0.15, 0.2) is 9.84 Å². The molecule has 0 N–H and O–H groups in total. The number of carbonyl (C=O) groups is 1. The predicted octanol–water partition coefficient (Wildman–Crippen LogP) is 4.62. The third-order valence-electron chi connectivity index (χ3n) is 4.24. The normalized spacial score (nSPS) is 13.6. The summed E-state index contributed by atoms with van der Waals surface area (Å²) in [7, 11) is 1.02. The van der Waals surface area contributed by atoms with Crippen molar-refractivity contribution in [3.63, 3.8) is 0 Å². The lowest BCUT2D eigenvalue weighted by atomic mass is 10.1. The molecule has 0 saturated heterocycles. The fourth-order valence-electron chi connectivity index (χ4n) is 2.44. The van der Waals surface area contributed by atoms with Gasteiger partial charge in [0, 0.05) is 26.4 Å². The van der Waals surface area contributed by atoms with Crippen LogP contribution in [0.4, 0.5) is 4.79 Å². The molecule has 170 valence electrons. The van der Waals surface area contributed by atoms with Crippen molar-refractivity contribution in [3.05, 3.63) is 29.8 Å². The van der Waals surface area contributed by atoms with Crippen LogP contribution in [-0.4, -0.2) is 64.6 Å². The maximum Gasteiger partial charge on any atom is 0.415 e. The molecule has 1 aromatic carbocycles. The molecule has 1 atom stereocenters. The van der Waals surface area contributed by atoms with Crippen molar-refractivity contribution in [2.24, 2.45) is 5.16 Å². The molecule has 0 fully saturated rings. The molecule has 0 aliphatic rings. The predicted molar refractivity (Wildman–Crippen MR) is 122 cm³/mol. The molecule has 1 rings (SSSR count). The smallest absolute Gasteiger partial charge is 0.396 e. The van der Waals surface area contributed by atoms with Crippen LogP contribution in [-0.2, 0) is 24.0 Å². The number of ether oxygens (including phenoxy) is 1. The Bertz CT molecular complexity index is 877.